The number of esters is 1. The van der Waals surface area contributed by atoms with Gasteiger partial charge < -0.3 is 10.1 Å². The molecule has 1 heterocycles. The van der Waals surface area contributed by atoms with Crippen LogP contribution in [0.3, 0.4) is 0 Å². The molecule has 1 amide bonds. The van der Waals surface area contributed by atoms with Crippen LogP contribution in [-0.2, 0) is 9.53 Å². The summed E-state index contributed by atoms with van der Waals surface area (Å²) in [6.45, 7) is 1.47. The molecule has 0 radical (unpaired) electrons. The molecule has 1 atom stereocenters. The number of benzene rings is 1. The van der Waals surface area contributed by atoms with Gasteiger partial charge in [0.15, 0.2) is 6.10 Å². The van der Waals surface area contributed by atoms with Crippen LogP contribution in [0.2, 0.25) is 10.2 Å². The van der Waals surface area contributed by atoms with E-state index in [1.54, 1.807) is 24.3 Å². The molecule has 7 heteroatoms. The van der Waals surface area contributed by atoms with E-state index in [-0.39, 0.29) is 10.7 Å². The molecule has 1 aromatic heterocycles. The van der Waals surface area contributed by atoms with Gasteiger partial charge in [0.1, 0.15) is 5.15 Å². The monoisotopic (exact) mass is 338 g/mol. The Morgan fingerprint density at radius 2 is 2.00 bits per heavy atom. The standard InChI is InChI=1S/C15H12Cl2N2O3/c1-9(14(20)19-12-4-2-3-11(16)7-12)22-15(21)10-5-6-13(17)18-8-10/h2-9H,1H3,(H,19,20)/t9-/m1/s1. The van der Waals surface area contributed by atoms with Crippen molar-refractivity contribution < 1.29 is 14.3 Å². The molecule has 0 saturated carbocycles. The van der Waals surface area contributed by atoms with Gasteiger partial charge in [0, 0.05) is 16.9 Å². The van der Waals surface area contributed by atoms with Gasteiger partial charge in [-0.1, -0.05) is 29.3 Å². The molecule has 0 spiro atoms. The minimum atomic E-state index is -0.970. The van der Waals surface area contributed by atoms with Crippen molar-refractivity contribution in [2.75, 3.05) is 5.32 Å². The molecule has 1 aromatic carbocycles. The minimum Gasteiger partial charge on any atom is -0.449 e. The first kappa shape index (κ1) is 16.3. The fourth-order valence-electron chi connectivity index (χ4n) is 1.59. The zero-order valence-corrected chi connectivity index (χ0v) is 13.1. The maximum absolute atomic E-state index is 12.0. The van der Waals surface area contributed by atoms with Crippen LogP contribution >= 0.6 is 23.2 Å². The summed E-state index contributed by atoms with van der Waals surface area (Å²) in [6.07, 6.45) is 0.314. The van der Waals surface area contributed by atoms with Crippen LogP contribution in [0.15, 0.2) is 42.6 Å². The van der Waals surface area contributed by atoms with Gasteiger partial charge in [-0.05, 0) is 37.3 Å². The first-order valence-electron chi connectivity index (χ1n) is 6.34. The van der Waals surface area contributed by atoms with E-state index < -0.39 is 18.0 Å². The smallest absolute Gasteiger partial charge is 0.340 e. The lowest BCUT2D eigenvalue weighted by Crippen LogP contribution is -2.30. The molecular weight excluding hydrogens is 327 g/mol. The Hall–Kier alpha value is -2.11. The maximum atomic E-state index is 12.0. The Morgan fingerprint density at radius 3 is 2.64 bits per heavy atom. The van der Waals surface area contributed by atoms with E-state index in [9.17, 15) is 9.59 Å². The van der Waals surface area contributed by atoms with Crippen molar-refractivity contribution >= 4 is 40.8 Å². The summed E-state index contributed by atoms with van der Waals surface area (Å²) in [4.78, 5) is 27.6. The zero-order valence-electron chi connectivity index (χ0n) is 11.5. The van der Waals surface area contributed by atoms with Gasteiger partial charge in [-0.2, -0.15) is 0 Å². The summed E-state index contributed by atoms with van der Waals surface area (Å²) in [6, 6.07) is 9.61. The van der Waals surface area contributed by atoms with Crippen molar-refractivity contribution in [1.82, 2.24) is 4.98 Å². The molecule has 0 aliphatic carbocycles. The normalized spacial score (nSPS) is 11.6. The van der Waals surface area contributed by atoms with Crippen molar-refractivity contribution in [2.45, 2.75) is 13.0 Å². The zero-order chi connectivity index (χ0) is 16.1. The lowest BCUT2D eigenvalue weighted by atomic mass is 10.2. The number of nitrogens with one attached hydrogen (secondary N) is 1. The van der Waals surface area contributed by atoms with Gasteiger partial charge in [-0.25, -0.2) is 9.78 Å². The average Bonchev–Trinajstić information content (AvgIpc) is 2.47. The number of hydrogen-bond donors (Lipinski definition) is 1. The first-order valence-corrected chi connectivity index (χ1v) is 7.10. The highest BCUT2D eigenvalue weighted by molar-refractivity contribution is 6.31. The fraction of sp³-hybridized carbons (Fsp3) is 0.133. The number of aromatic nitrogens is 1. The predicted molar refractivity (Wildman–Crippen MR) is 84.2 cm³/mol. The summed E-state index contributed by atoms with van der Waals surface area (Å²) in [7, 11) is 0. The molecular formula is C15H12Cl2N2O3. The number of carbonyl (C=O) groups excluding carboxylic acids is 2. The van der Waals surface area contributed by atoms with Crippen molar-refractivity contribution in [2.24, 2.45) is 0 Å². The number of pyridine rings is 1. The second-order valence-electron chi connectivity index (χ2n) is 4.42. The number of rotatable bonds is 4. The van der Waals surface area contributed by atoms with Gasteiger partial charge >= 0.3 is 5.97 Å². The summed E-state index contributed by atoms with van der Waals surface area (Å²) in [5.74, 6) is -1.12. The van der Waals surface area contributed by atoms with Crippen molar-refractivity contribution in [3.05, 3.63) is 58.3 Å². The van der Waals surface area contributed by atoms with Crippen LogP contribution in [0.1, 0.15) is 17.3 Å². The van der Waals surface area contributed by atoms with E-state index >= 15 is 0 Å². The molecule has 0 aliphatic rings. The highest BCUT2D eigenvalue weighted by Gasteiger charge is 2.19. The van der Waals surface area contributed by atoms with Gasteiger partial charge in [0.05, 0.1) is 5.56 Å². The number of carbonyl (C=O) groups is 2. The molecule has 22 heavy (non-hydrogen) atoms. The Bertz CT molecular complexity index is 689. The lowest BCUT2D eigenvalue weighted by Gasteiger charge is -2.13. The molecule has 0 bridgehead atoms. The van der Waals surface area contributed by atoms with Crippen LogP contribution in [0, 0.1) is 0 Å². The number of hydrogen-bond acceptors (Lipinski definition) is 4. The SMILES string of the molecule is C[C@@H](OC(=O)c1ccc(Cl)nc1)C(=O)Nc1cccc(Cl)c1. The van der Waals surface area contributed by atoms with E-state index in [0.717, 1.165) is 0 Å². The van der Waals surface area contributed by atoms with E-state index in [1.807, 2.05) is 0 Å². The molecule has 0 saturated heterocycles. The third kappa shape index (κ3) is 4.44. The number of ether oxygens (including phenoxy) is 1. The first-order chi connectivity index (χ1) is 10.5. The van der Waals surface area contributed by atoms with E-state index in [4.69, 9.17) is 27.9 Å². The van der Waals surface area contributed by atoms with Crippen molar-refractivity contribution in [1.29, 1.82) is 0 Å². The Balaban J connectivity index is 1.96. The van der Waals surface area contributed by atoms with Crippen molar-refractivity contribution in [3.8, 4) is 0 Å². The van der Waals surface area contributed by atoms with E-state index in [1.165, 1.54) is 25.3 Å². The lowest BCUT2D eigenvalue weighted by molar-refractivity contribution is -0.123. The molecule has 2 rings (SSSR count). The van der Waals surface area contributed by atoms with Crippen LogP contribution < -0.4 is 5.32 Å². The summed E-state index contributed by atoms with van der Waals surface area (Å²) in [5.41, 5.74) is 0.736. The average molecular weight is 339 g/mol. The highest BCUT2D eigenvalue weighted by Crippen LogP contribution is 2.15. The molecule has 5 nitrogen and oxygen atoms in total. The van der Waals surface area contributed by atoms with Crippen molar-refractivity contribution in [3.63, 3.8) is 0 Å². The predicted octanol–water partition coefficient (Wildman–Crippen LogP) is 3.57. The fourth-order valence-corrected chi connectivity index (χ4v) is 1.89. The third-order valence-electron chi connectivity index (χ3n) is 2.71. The quantitative estimate of drug-likeness (QED) is 0.683. The minimum absolute atomic E-state index is 0.215. The van der Waals surface area contributed by atoms with Crippen LogP contribution in [0.25, 0.3) is 0 Å². The third-order valence-corrected chi connectivity index (χ3v) is 3.17. The number of anilines is 1. The van der Waals surface area contributed by atoms with Gasteiger partial charge in [-0.3, -0.25) is 4.79 Å². The second kappa shape index (κ2) is 7.24. The largest absolute Gasteiger partial charge is 0.449 e. The van der Waals surface area contributed by atoms with E-state index in [0.29, 0.717) is 10.7 Å². The van der Waals surface area contributed by atoms with Crippen LogP contribution in [0.5, 0.6) is 0 Å². The van der Waals surface area contributed by atoms with Gasteiger partial charge in [-0.15, -0.1) is 0 Å². The number of halogens is 2. The van der Waals surface area contributed by atoms with Crippen LogP contribution in [0.4, 0.5) is 5.69 Å². The second-order valence-corrected chi connectivity index (χ2v) is 5.24. The molecule has 2 aromatic rings. The maximum Gasteiger partial charge on any atom is 0.340 e. The molecule has 0 aliphatic heterocycles. The van der Waals surface area contributed by atoms with E-state index in [2.05, 4.69) is 10.3 Å². The molecule has 1 N–H and O–H groups in total. The number of amides is 1. The summed E-state index contributed by atoms with van der Waals surface area (Å²) < 4.78 is 5.07. The van der Waals surface area contributed by atoms with Gasteiger partial charge in [0.2, 0.25) is 0 Å². The van der Waals surface area contributed by atoms with Crippen LogP contribution in [-0.4, -0.2) is 23.0 Å². The molecule has 0 unspecified atom stereocenters. The van der Waals surface area contributed by atoms with Gasteiger partial charge in [0.25, 0.3) is 5.91 Å². The Kier molecular flexibility index (Phi) is 5.35. The molecule has 0 fully saturated rings. The highest BCUT2D eigenvalue weighted by atomic mass is 35.5. The number of nitrogens with zero attached hydrogens (tertiary/aromatic N) is 1. The topological polar surface area (TPSA) is 68.3 Å². The molecule has 114 valence electrons. The summed E-state index contributed by atoms with van der Waals surface area (Å²) >= 11 is 11.5. The Morgan fingerprint density at radius 1 is 1.23 bits per heavy atom. The Labute approximate surface area is 137 Å². The summed E-state index contributed by atoms with van der Waals surface area (Å²) in [5, 5.41) is 3.37.